The van der Waals surface area contributed by atoms with Crippen LogP contribution in [0.25, 0.3) is 28.4 Å². The lowest BCUT2D eigenvalue weighted by Gasteiger charge is -2.27. The second kappa shape index (κ2) is 10.1. The smallest absolute Gasteiger partial charge is 0.227 e. The van der Waals surface area contributed by atoms with Gasteiger partial charge in [0.05, 0.1) is 5.69 Å². The fourth-order valence-electron chi connectivity index (χ4n) is 4.80. The molecule has 1 aromatic carbocycles. The molecule has 0 radical (unpaired) electrons. The van der Waals surface area contributed by atoms with Gasteiger partial charge >= 0.3 is 0 Å². The van der Waals surface area contributed by atoms with Gasteiger partial charge in [-0.15, -0.1) is 10.2 Å². The number of aromatic nitrogens is 5. The first-order valence-electron chi connectivity index (χ1n) is 12.3. The first-order chi connectivity index (χ1) is 16.7. The Kier molecular flexibility index (Phi) is 6.60. The summed E-state index contributed by atoms with van der Waals surface area (Å²) in [7, 11) is 0. The first-order valence-corrected chi connectivity index (χ1v) is 12.3. The Morgan fingerprint density at radius 1 is 1.00 bits per heavy atom. The van der Waals surface area contributed by atoms with Crippen LogP contribution in [0.5, 0.6) is 0 Å². The lowest BCUT2D eigenvalue weighted by molar-refractivity contribution is -0.121. The zero-order valence-corrected chi connectivity index (χ0v) is 19.5. The average molecular weight is 455 g/mol. The van der Waals surface area contributed by atoms with Crippen LogP contribution < -0.4 is 5.32 Å². The van der Waals surface area contributed by atoms with Crippen molar-refractivity contribution in [3.05, 3.63) is 60.8 Å². The number of fused-ring (bicyclic) bond motifs is 1. The minimum absolute atomic E-state index is 0.106. The third-order valence-corrected chi connectivity index (χ3v) is 6.77. The summed E-state index contributed by atoms with van der Waals surface area (Å²) in [6, 6.07) is 17.3. The highest BCUT2D eigenvalue weighted by Crippen LogP contribution is 2.33. The monoisotopic (exact) mass is 454 g/mol. The van der Waals surface area contributed by atoms with Gasteiger partial charge in [-0.05, 0) is 68.0 Å². The molecule has 1 aliphatic rings. The normalized spacial score (nSPS) is 18.1. The van der Waals surface area contributed by atoms with Crippen molar-refractivity contribution in [2.45, 2.75) is 51.9 Å². The maximum atomic E-state index is 12.9. The van der Waals surface area contributed by atoms with Crippen LogP contribution in [0, 0.1) is 11.8 Å². The molecule has 1 saturated carbocycles. The second-order valence-corrected chi connectivity index (χ2v) is 9.16. The van der Waals surface area contributed by atoms with Crippen molar-refractivity contribution in [2.75, 3.05) is 5.32 Å². The summed E-state index contributed by atoms with van der Waals surface area (Å²) >= 11 is 0. The Labute approximate surface area is 199 Å². The zero-order valence-electron chi connectivity index (χ0n) is 19.5. The number of nitrogens with one attached hydrogen (secondary N) is 1. The van der Waals surface area contributed by atoms with E-state index in [2.05, 4.69) is 27.4 Å². The van der Waals surface area contributed by atoms with Crippen LogP contribution in [0.2, 0.25) is 0 Å². The van der Waals surface area contributed by atoms with Gasteiger partial charge in [-0.25, -0.2) is 0 Å². The summed E-state index contributed by atoms with van der Waals surface area (Å²) in [6.07, 6.45) is 9.89. The third kappa shape index (κ3) is 4.83. The lowest BCUT2D eigenvalue weighted by Crippen LogP contribution is -2.27. The van der Waals surface area contributed by atoms with Crippen LogP contribution in [-0.2, 0) is 4.79 Å². The molecule has 1 fully saturated rings. The second-order valence-electron chi connectivity index (χ2n) is 9.16. The standard InChI is InChI=1S/C27H30N6O/c1-2-3-7-19-11-13-20(14-12-19)27(34)29-22-9-6-8-21(18-22)23-15-16-25-30-31-26(33(25)32-23)24-10-4-5-17-28-24/h4-6,8-10,15-20H,2-3,7,11-14H2,1H3,(H,29,34). The molecule has 7 heteroatoms. The van der Waals surface area contributed by atoms with E-state index in [1.54, 1.807) is 10.7 Å². The maximum Gasteiger partial charge on any atom is 0.227 e. The molecule has 0 saturated heterocycles. The third-order valence-electron chi connectivity index (χ3n) is 6.77. The Balaban J connectivity index is 1.31. The molecule has 1 aliphatic carbocycles. The van der Waals surface area contributed by atoms with Crippen LogP contribution in [0.4, 0.5) is 5.69 Å². The summed E-state index contributed by atoms with van der Waals surface area (Å²) in [5.74, 6) is 1.62. The van der Waals surface area contributed by atoms with Gasteiger partial charge in [0.1, 0.15) is 5.69 Å². The lowest BCUT2D eigenvalue weighted by atomic mass is 9.79. The van der Waals surface area contributed by atoms with E-state index in [-0.39, 0.29) is 11.8 Å². The molecule has 3 heterocycles. The number of nitrogens with zero attached hydrogens (tertiary/aromatic N) is 5. The molecule has 0 aliphatic heterocycles. The van der Waals surface area contributed by atoms with Crippen LogP contribution in [0.15, 0.2) is 60.8 Å². The van der Waals surface area contributed by atoms with E-state index in [9.17, 15) is 4.79 Å². The van der Waals surface area contributed by atoms with Crippen molar-refractivity contribution >= 4 is 17.2 Å². The molecule has 7 nitrogen and oxygen atoms in total. The number of amides is 1. The largest absolute Gasteiger partial charge is 0.326 e. The minimum Gasteiger partial charge on any atom is -0.326 e. The Morgan fingerprint density at radius 2 is 1.88 bits per heavy atom. The van der Waals surface area contributed by atoms with Gasteiger partial charge in [0.25, 0.3) is 0 Å². The summed E-state index contributed by atoms with van der Waals surface area (Å²) in [4.78, 5) is 17.3. The van der Waals surface area contributed by atoms with Crippen molar-refractivity contribution in [3.63, 3.8) is 0 Å². The Bertz CT molecular complexity index is 1260. The highest BCUT2D eigenvalue weighted by molar-refractivity contribution is 5.93. The molecule has 3 aromatic heterocycles. The maximum absolute atomic E-state index is 12.9. The number of hydrogen-bond acceptors (Lipinski definition) is 5. The van der Waals surface area contributed by atoms with Crippen molar-refractivity contribution in [1.82, 2.24) is 24.8 Å². The predicted molar refractivity (Wildman–Crippen MR) is 133 cm³/mol. The molecule has 34 heavy (non-hydrogen) atoms. The van der Waals surface area contributed by atoms with E-state index in [0.29, 0.717) is 17.2 Å². The number of carbonyl (C=O) groups excluding carboxylic acids is 1. The van der Waals surface area contributed by atoms with E-state index >= 15 is 0 Å². The van der Waals surface area contributed by atoms with Crippen LogP contribution in [-0.4, -0.2) is 30.7 Å². The number of anilines is 1. The van der Waals surface area contributed by atoms with Gasteiger partial charge in [0, 0.05) is 23.4 Å². The molecule has 0 spiro atoms. The number of carbonyl (C=O) groups is 1. The van der Waals surface area contributed by atoms with Crippen molar-refractivity contribution < 1.29 is 4.79 Å². The molecule has 1 amide bonds. The quantitative estimate of drug-likeness (QED) is 0.382. The van der Waals surface area contributed by atoms with E-state index in [1.807, 2.05) is 54.6 Å². The topological polar surface area (TPSA) is 85.1 Å². The minimum atomic E-state index is 0.106. The fraction of sp³-hybridized carbons (Fsp3) is 0.370. The van der Waals surface area contributed by atoms with Crippen LogP contribution >= 0.6 is 0 Å². The van der Waals surface area contributed by atoms with Gasteiger partial charge in [-0.2, -0.15) is 9.61 Å². The Morgan fingerprint density at radius 3 is 2.68 bits per heavy atom. The van der Waals surface area contributed by atoms with E-state index in [0.717, 1.165) is 35.7 Å². The van der Waals surface area contributed by atoms with E-state index in [1.165, 1.54) is 32.1 Å². The van der Waals surface area contributed by atoms with Crippen molar-refractivity contribution in [3.8, 4) is 22.8 Å². The number of pyridine rings is 1. The molecular weight excluding hydrogens is 424 g/mol. The summed E-state index contributed by atoms with van der Waals surface area (Å²) in [5.41, 5.74) is 3.86. The molecule has 0 bridgehead atoms. The molecule has 0 unspecified atom stereocenters. The molecular formula is C27H30N6O. The number of unbranched alkanes of at least 4 members (excludes halogenated alkanes) is 1. The zero-order chi connectivity index (χ0) is 23.3. The Hall–Kier alpha value is -3.61. The van der Waals surface area contributed by atoms with Crippen molar-refractivity contribution in [2.24, 2.45) is 11.8 Å². The van der Waals surface area contributed by atoms with Gasteiger partial charge in [-0.1, -0.05) is 44.4 Å². The van der Waals surface area contributed by atoms with Crippen LogP contribution in [0.3, 0.4) is 0 Å². The summed E-state index contributed by atoms with van der Waals surface area (Å²) in [5, 5.41) is 16.4. The van der Waals surface area contributed by atoms with E-state index < -0.39 is 0 Å². The number of benzene rings is 1. The number of rotatable bonds is 7. The molecule has 1 N–H and O–H groups in total. The summed E-state index contributed by atoms with van der Waals surface area (Å²) in [6.45, 7) is 2.24. The average Bonchev–Trinajstić information content (AvgIpc) is 3.32. The van der Waals surface area contributed by atoms with Crippen LogP contribution in [0.1, 0.15) is 51.9 Å². The predicted octanol–water partition coefficient (Wildman–Crippen LogP) is 5.79. The molecule has 0 atom stereocenters. The van der Waals surface area contributed by atoms with Gasteiger partial charge < -0.3 is 5.32 Å². The summed E-state index contributed by atoms with van der Waals surface area (Å²) < 4.78 is 1.71. The highest BCUT2D eigenvalue weighted by atomic mass is 16.1. The first kappa shape index (κ1) is 22.2. The van der Waals surface area contributed by atoms with Gasteiger partial charge in [-0.3, -0.25) is 9.78 Å². The fourth-order valence-corrected chi connectivity index (χ4v) is 4.80. The van der Waals surface area contributed by atoms with Gasteiger partial charge in [0.15, 0.2) is 5.65 Å². The number of hydrogen-bond donors (Lipinski definition) is 1. The van der Waals surface area contributed by atoms with Crippen molar-refractivity contribution in [1.29, 1.82) is 0 Å². The highest BCUT2D eigenvalue weighted by Gasteiger charge is 2.26. The molecule has 174 valence electrons. The SMILES string of the molecule is CCCCC1CCC(C(=O)Nc2cccc(-c3ccc4nnc(-c5ccccn5)n4n3)c2)CC1. The van der Waals surface area contributed by atoms with Gasteiger partial charge in [0.2, 0.25) is 11.7 Å². The molecule has 4 aromatic rings. The molecule has 5 rings (SSSR count). The van der Waals surface area contributed by atoms with E-state index in [4.69, 9.17) is 5.10 Å².